The van der Waals surface area contributed by atoms with Crippen molar-refractivity contribution < 1.29 is 23.8 Å². The third-order valence-electron chi connectivity index (χ3n) is 5.82. The maximum absolute atomic E-state index is 12.4. The third-order valence-corrected chi connectivity index (χ3v) is 5.82. The molecule has 0 aliphatic carbocycles. The van der Waals surface area contributed by atoms with Crippen molar-refractivity contribution in [3.63, 3.8) is 0 Å². The number of carbonyl (C=O) groups is 1. The normalized spacial score (nSPS) is 11.9. The van der Waals surface area contributed by atoms with E-state index in [0.717, 1.165) is 28.1 Å². The molecule has 7 nitrogen and oxygen atoms in total. The van der Waals surface area contributed by atoms with Crippen LogP contribution in [0.4, 0.5) is 0 Å². The first-order valence-electron chi connectivity index (χ1n) is 12.9. The predicted molar refractivity (Wildman–Crippen MR) is 151 cm³/mol. The second kappa shape index (κ2) is 14.3. The second-order valence-corrected chi connectivity index (χ2v) is 8.67. The number of carbonyl (C=O) groups excluding carboxylic acids is 1. The highest BCUT2D eigenvalue weighted by Crippen LogP contribution is 2.19. The first-order chi connectivity index (χ1) is 19.1. The van der Waals surface area contributed by atoms with Gasteiger partial charge in [0.2, 0.25) is 0 Å². The van der Waals surface area contributed by atoms with Crippen molar-refractivity contribution in [2.75, 3.05) is 19.8 Å². The van der Waals surface area contributed by atoms with Gasteiger partial charge in [0.15, 0.2) is 12.7 Å². The largest absolute Gasteiger partial charge is 0.490 e. The number of oxime groups is 1. The zero-order chi connectivity index (χ0) is 27.3. The quantitative estimate of drug-likeness (QED) is 0.0907. The van der Waals surface area contributed by atoms with Gasteiger partial charge >= 0.3 is 5.97 Å². The Morgan fingerprint density at radius 1 is 0.846 bits per heavy atom. The summed E-state index contributed by atoms with van der Waals surface area (Å²) in [5.74, 6) is 0.929. The molecule has 0 amide bonds. The Morgan fingerprint density at radius 2 is 1.59 bits per heavy atom. The van der Waals surface area contributed by atoms with E-state index in [9.17, 15) is 4.79 Å². The summed E-state index contributed by atoms with van der Waals surface area (Å²) in [6.45, 7) is 4.63. The second-order valence-electron chi connectivity index (χ2n) is 8.67. The maximum Gasteiger partial charge on any atom is 0.347 e. The number of ether oxygens (including phenoxy) is 3. The number of rotatable bonds is 13. The molecule has 7 heteroatoms. The minimum Gasteiger partial charge on any atom is -0.490 e. The minimum atomic E-state index is -0.736. The van der Waals surface area contributed by atoms with Crippen molar-refractivity contribution in [2.45, 2.75) is 26.4 Å². The number of esters is 1. The van der Waals surface area contributed by atoms with Gasteiger partial charge in [0.25, 0.3) is 0 Å². The van der Waals surface area contributed by atoms with E-state index in [-0.39, 0.29) is 5.97 Å². The molecule has 3 aromatic carbocycles. The summed E-state index contributed by atoms with van der Waals surface area (Å²) < 4.78 is 16.9. The molecule has 0 radical (unpaired) electrons. The molecule has 0 aliphatic heterocycles. The molecule has 1 heterocycles. The molecule has 4 rings (SSSR count). The van der Waals surface area contributed by atoms with Crippen LogP contribution in [0, 0.1) is 0 Å². The van der Waals surface area contributed by atoms with E-state index >= 15 is 0 Å². The maximum atomic E-state index is 12.4. The van der Waals surface area contributed by atoms with Crippen LogP contribution in [-0.2, 0) is 20.8 Å². The summed E-state index contributed by atoms with van der Waals surface area (Å²) >= 11 is 0. The lowest BCUT2D eigenvalue weighted by Crippen LogP contribution is -2.31. The van der Waals surface area contributed by atoms with E-state index < -0.39 is 6.10 Å². The van der Waals surface area contributed by atoms with Crippen molar-refractivity contribution >= 4 is 11.7 Å². The predicted octanol–water partition coefficient (Wildman–Crippen LogP) is 6.12. The van der Waals surface area contributed by atoms with E-state index in [0.29, 0.717) is 37.7 Å². The topological polar surface area (TPSA) is 79.2 Å². The van der Waals surface area contributed by atoms with E-state index in [1.54, 1.807) is 13.1 Å². The van der Waals surface area contributed by atoms with E-state index in [4.69, 9.17) is 19.0 Å². The average Bonchev–Trinajstić information content (AvgIpc) is 2.98. The van der Waals surface area contributed by atoms with Crippen LogP contribution < -0.4 is 9.47 Å². The SMILES string of the molecule is CCOC(=O)C(Cc1ccc(OCCO/N=C(/C)c2ccc(-c3ccccn3)cc2)cc1)Oc1ccccc1. The molecule has 39 heavy (non-hydrogen) atoms. The molecule has 0 saturated heterocycles. The number of aromatic nitrogens is 1. The number of pyridine rings is 1. The zero-order valence-corrected chi connectivity index (χ0v) is 22.2. The molecule has 0 saturated carbocycles. The molecule has 0 fully saturated rings. The summed E-state index contributed by atoms with van der Waals surface area (Å²) in [4.78, 5) is 22.3. The molecule has 0 aliphatic rings. The Hall–Kier alpha value is -4.65. The fraction of sp³-hybridized carbons (Fsp3) is 0.219. The lowest BCUT2D eigenvalue weighted by molar-refractivity contribution is -0.151. The van der Waals surface area contributed by atoms with Gasteiger partial charge in [0.05, 0.1) is 18.0 Å². The average molecular weight is 525 g/mol. The number of hydrogen-bond donors (Lipinski definition) is 0. The summed E-state index contributed by atoms with van der Waals surface area (Å²) in [5.41, 5.74) is 4.67. The van der Waals surface area contributed by atoms with Gasteiger partial charge in [-0.05, 0) is 61.4 Å². The Balaban J connectivity index is 1.23. The fourth-order valence-corrected chi connectivity index (χ4v) is 3.82. The Kier molecular flexibility index (Phi) is 10.1. The van der Waals surface area contributed by atoms with Gasteiger partial charge in [-0.1, -0.05) is 65.8 Å². The van der Waals surface area contributed by atoms with Gasteiger partial charge in [-0.2, -0.15) is 0 Å². The van der Waals surface area contributed by atoms with Crippen LogP contribution in [0.25, 0.3) is 11.3 Å². The lowest BCUT2D eigenvalue weighted by Gasteiger charge is -2.18. The van der Waals surface area contributed by atoms with Crippen LogP contribution in [-0.4, -0.2) is 42.6 Å². The standard InChI is InChI=1S/C32H32N2O5/c1-3-36-32(35)31(39-29-9-5-4-6-10-29)23-25-12-18-28(19-13-25)37-21-22-38-34-24(2)26-14-16-27(17-15-26)30-11-7-8-20-33-30/h4-20,31H,3,21-23H2,1-2H3/b34-24-. The molecular formula is C32H32N2O5. The summed E-state index contributed by atoms with van der Waals surface area (Å²) in [6.07, 6.45) is 1.43. The van der Waals surface area contributed by atoms with Crippen molar-refractivity contribution in [3.05, 3.63) is 114 Å². The van der Waals surface area contributed by atoms with Gasteiger partial charge in [-0.25, -0.2) is 4.79 Å². The molecule has 200 valence electrons. The van der Waals surface area contributed by atoms with Crippen LogP contribution in [0.1, 0.15) is 25.0 Å². The van der Waals surface area contributed by atoms with Gasteiger partial charge in [-0.3, -0.25) is 4.98 Å². The van der Waals surface area contributed by atoms with Crippen LogP contribution in [0.5, 0.6) is 11.5 Å². The molecule has 0 N–H and O–H groups in total. The number of para-hydroxylation sites is 1. The number of hydrogen-bond acceptors (Lipinski definition) is 7. The lowest BCUT2D eigenvalue weighted by atomic mass is 10.1. The van der Waals surface area contributed by atoms with Gasteiger partial charge in [0.1, 0.15) is 18.1 Å². The van der Waals surface area contributed by atoms with Crippen molar-refractivity contribution in [1.29, 1.82) is 0 Å². The van der Waals surface area contributed by atoms with Crippen LogP contribution in [0.3, 0.4) is 0 Å². The van der Waals surface area contributed by atoms with Crippen LogP contribution in [0.15, 0.2) is 108 Å². The Bertz CT molecular complexity index is 1320. The highest BCUT2D eigenvalue weighted by atomic mass is 16.6. The fourth-order valence-electron chi connectivity index (χ4n) is 3.82. The number of benzene rings is 3. The van der Waals surface area contributed by atoms with Crippen LogP contribution in [0.2, 0.25) is 0 Å². The molecular weight excluding hydrogens is 492 g/mol. The molecule has 4 aromatic rings. The first kappa shape index (κ1) is 27.4. The van der Waals surface area contributed by atoms with Crippen LogP contribution >= 0.6 is 0 Å². The molecule has 0 bridgehead atoms. The summed E-state index contributed by atoms with van der Waals surface area (Å²) in [7, 11) is 0. The van der Waals surface area contributed by atoms with E-state index in [1.165, 1.54) is 0 Å². The van der Waals surface area contributed by atoms with Crippen molar-refractivity contribution in [3.8, 4) is 22.8 Å². The molecule has 1 atom stereocenters. The Labute approximate surface area is 229 Å². The smallest absolute Gasteiger partial charge is 0.347 e. The van der Waals surface area contributed by atoms with Crippen molar-refractivity contribution in [2.24, 2.45) is 5.16 Å². The van der Waals surface area contributed by atoms with Crippen molar-refractivity contribution in [1.82, 2.24) is 4.98 Å². The molecule has 1 aromatic heterocycles. The highest BCUT2D eigenvalue weighted by molar-refractivity contribution is 5.98. The molecule has 0 spiro atoms. The first-order valence-corrected chi connectivity index (χ1v) is 12.9. The number of nitrogens with zero attached hydrogens (tertiary/aromatic N) is 2. The Morgan fingerprint density at radius 3 is 2.28 bits per heavy atom. The van der Waals surface area contributed by atoms with E-state index in [2.05, 4.69) is 10.1 Å². The zero-order valence-electron chi connectivity index (χ0n) is 22.2. The van der Waals surface area contributed by atoms with E-state index in [1.807, 2.05) is 104 Å². The van der Waals surface area contributed by atoms with Gasteiger partial charge in [0, 0.05) is 18.2 Å². The highest BCUT2D eigenvalue weighted by Gasteiger charge is 2.22. The minimum absolute atomic E-state index is 0.296. The summed E-state index contributed by atoms with van der Waals surface area (Å²) in [6, 6.07) is 30.7. The monoisotopic (exact) mass is 524 g/mol. The third kappa shape index (κ3) is 8.43. The molecule has 1 unspecified atom stereocenters. The summed E-state index contributed by atoms with van der Waals surface area (Å²) in [5, 5.41) is 4.20. The van der Waals surface area contributed by atoms with Gasteiger partial charge < -0.3 is 19.0 Å². The van der Waals surface area contributed by atoms with Gasteiger partial charge in [-0.15, -0.1) is 0 Å².